The van der Waals surface area contributed by atoms with Gasteiger partial charge in [-0.1, -0.05) is 0 Å². The van der Waals surface area contributed by atoms with Gasteiger partial charge < -0.3 is 14.9 Å². The molecule has 0 aliphatic heterocycles. The molecular formula is C11H15N3O2. The molecule has 0 fully saturated rings. The highest BCUT2D eigenvalue weighted by atomic mass is 16.5. The van der Waals surface area contributed by atoms with E-state index in [2.05, 4.69) is 9.97 Å². The Labute approximate surface area is 93.6 Å². The first-order valence-corrected chi connectivity index (χ1v) is 5.13. The number of rotatable bonds is 2. The molecule has 0 saturated heterocycles. The summed E-state index contributed by atoms with van der Waals surface area (Å²) in [6, 6.07) is 1.76. The van der Waals surface area contributed by atoms with Crippen LogP contribution < -0.4 is 10.5 Å². The van der Waals surface area contributed by atoms with Crippen LogP contribution in [0.1, 0.15) is 26.7 Å². The van der Waals surface area contributed by atoms with Gasteiger partial charge in [-0.15, -0.1) is 0 Å². The molecule has 16 heavy (non-hydrogen) atoms. The van der Waals surface area contributed by atoms with Gasteiger partial charge in [0, 0.05) is 12.3 Å². The van der Waals surface area contributed by atoms with Gasteiger partial charge in [0.15, 0.2) is 5.75 Å². The van der Waals surface area contributed by atoms with Crippen LogP contribution in [-0.4, -0.2) is 15.6 Å². The Morgan fingerprint density at radius 1 is 1.44 bits per heavy atom. The van der Waals surface area contributed by atoms with Crippen molar-refractivity contribution in [2.24, 2.45) is 5.73 Å². The fourth-order valence-corrected chi connectivity index (χ4v) is 1.35. The van der Waals surface area contributed by atoms with Crippen molar-refractivity contribution in [1.29, 1.82) is 0 Å². The van der Waals surface area contributed by atoms with Crippen LogP contribution in [0.2, 0.25) is 0 Å². The highest BCUT2D eigenvalue weighted by Gasteiger charge is 2.17. The van der Waals surface area contributed by atoms with Crippen molar-refractivity contribution in [3.8, 4) is 5.75 Å². The van der Waals surface area contributed by atoms with Crippen LogP contribution in [0.5, 0.6) is 5.75 Å². The van der Waals surface area contributed by atoms with Crippen LogP contribution in [0.4, 0.5) is 0 Å². The summed E-state index contributed by atoms with van der Waals surface area (Å²) in [4.78, 5) is 8.24. The Kier molecular flexibility index (Phi) is 2.55. The summed E-state index contributed by atoms with van der Waals surface area (Å²) < 4.78 is 11.2. The first-order chi connectivity index (χ1) is 7.49. The van der Waals surface area contributed by atoms with Crippen LogP contribution in [0.25, 0.3) is 11.2 Å². The predicted octanol–water partition coefficient (Wildman–Crippen LogP) is 1.86. The minimum absolute atomic E-state index is 0.255. The third kappa shape index (κ3) is 2.14. The Morgan fingerprint density at radius 3 is 2.81 bits per heavy atom. The van der Waals surface area contributed by atoms with Crippen molar-refractivity contribution in [2.45, 2.75) is 32.9 Å². The zero-order valence-corrected chi connectivity index (χ0v) is 9.65. The Morgan fingerprint density at radius 2 is 2.19 bits per heavy atom. The van der Waals surface area contributed by atoms with E-state index < -0.39 is 0 Å². The lowest BCUT2D eigenvalue weighted by molar-refractivity contribution is 0.131. The average molecular weight is 221 g/mol. The largest absolute Gasteiger partial charge is 0.484 e. The van der Waals surface area contributed by atoms with E-state index in [1.165, 1.54) is 0 Å². The highest BCUT2D eigenvalue weighted by molar-refractivity contribution is 5.75. The van der Waals surface area contributed by atoms with Gasteiger partial charge in [-0.3, -0.25) is 0 Å². The SMILES string of the molecule is CC(C)(C)Oc1ccnc2nc(CN)oc12. The summed E-state index contributed by atoms with van der Waals surface area (Å²) in [6.45, 7) is 6.17. The molecule has 2 aromatic rings. The van der Waals surface area contributed by atoms with Gasteiger partial charge in [0.1, 0.15) is 5.60 Å². The van der Waals surface area contributed by atoms with E-state index >= 15 is 0 Å². The zero-order valence-electron chi connectivity index (χ0n) is 9.65. The van der Waals surface area contributed by atoms with Crippen LogP contribution in [0.15, 0.2) is 16.7 Å². The van der Waals surface area contributed by atoms with E-state index in [4.69, 9.17) is 14.9 Å². The number of hydrogen-bond acceptors (Lipinski definition) is 5. The fraction of sp³-hybridized carbons (Fsp3) is 0.455. The standard InChI is InChI=1S/C11H15N3O2/c1-11(2,3)16-7-4-5-13-10-9(7)15-8(6-12)14-10/h4-5H,6,12H2,1-3H3. The summed E-state index contributed by atoms with van der Waals surface area (Å²) in [5.74, 6) is 1.11. The monoisotopic (exact) mass is 221 g/mol. The van der Waals surface area contributed by atoms with Gasteiger partial charge in [0.25, 0.3) is 0 Å². The number of hydrogen-bond donors (Lipinski definition) is 1. The molecule has 2 aromatic heterocycles. The quantitative estimate of drug-likeness (QED) is 0.837. The van der Waals surface area contributed by atoms with E-state index in [0.717, 1.165) is 0 Å². The minimum atomic E-state index is -0.288. The first-order valence-electron chi connectivity index (χ1n) is 5.13. The van der Waals surface area contributed by atoms with Crippen molar-refractivity contribution in [3.05, 3.63) is 18.2 Å². The van der Waals surface area contributed by atoms with E-state index in [1.54, 1.807) is 12.3 Å². The third-order valence-corrected chi connectivity index (χ3v) is 1.89. The van der Waals surface area contributed by atoms with Crippen molar-refractivity contribution < 1.29 is 9.15 Å². The molecule has 0 saturated carbocycles. The van der Waals surface area contributed by atoms with Gasteiger partial charge in [-0.25, -0.2) is 4.98 Å². The summed E-state index contributed by atoms with van der Waals surface area (Å²) in [5.41, 5.74) is 6.26. The molecule has 2 rings (SSSR count). The van der Waals surface area contributed by atoms with Gasteiger partial charge in [0.2, 0.25) is 17.1 Å². The van der Waals surface area contributed by atoms with E-state index in [-0.39, 0.29) is 12.1 Å². The van der Waals surface area contributed by atoms with Crippen molar-refractivity contribution in [1.82, 2.24) is 9.97 Å². The summed E-state index contributed by atoms with van der Waals surface area (Å²) in [6.07, 6.45) is 1.65. The number of nitrogens with zero attached hydrogens (tertiary/aromatic N) is 2. The second-order valence-electron chi connectivity index (χ2n) is 4.49. The van der Waals surface area contributed by atoms with Crippen molar-refractivity contribution >= 4 is 11.2 Å². The van der Waals surface area contributed by atoms with Gasteiger partial charge >= 0.3 is 0 Å². The maximum absolute atomic E-state index is 5.76. The average Bonchev–Trinajstić information content (AvgIpc) is 2.59. The summed E-state index contributed by atoms with van der Waals surface area (Å²) >= 11 is 0. The molecule has 86 valence electrons. The molecule has 0 amide bonds. The molecule has 0 aliphatic carbocycles. The molecule has 2 N–H and O–H groups in total. The molecular weight excluding hydrogens is 206 g/mol. The molecule has 5 heteroatoms. The molecule has 0 bridgehead atoms. The van der Waals surface area contributed by atoms with Crippen LogP contribution in [-0.2, 0) is 6.54 Å². The van der Waals surface area contributed by atoms with Crippen molar-refractivity contribution in [3.63, 3.8) is 0 Å². The Bertz CT molecular complexity index is 499. The summed E-state index contributed by atoms with van der Waals surface area (Å²) in [7, 11) is 0. The van der Waals surface area contributed by atoms with E-state index in [1.807, 2.05) is 20.8 Å². The predicted molar refractivity (Wildman–Crippen MR) is 60.1 cm³/mol. The Balaban J connectivity index is 2.48. The van der Waals surface area contributed by atoms with Crippen LogP contribution >= 0.6 is 0 Å². The number of oxazole rings is 1. The number of ether oxygens (including phenoxy) is 1. The Hall–Kier alpha value is -1.62. The number of pyridine rings is 1. The molecule has 2 heterocycles. The van der Waals surface area contributed by atoms with Gasteiger partial charge in [-0.2, -0.15) is 4.98 Å². The molecule has 0 atom stereocenters. The second-order valence-corrected chi connectivity index (χ2v) is 4.49. The smallest absolute Gasteiger partial charge is 0.215 e. The maximum atomic E-state index is 5.76. The summed E-state index contributed by atoms with van der Waals surface area (Å²) in [5, 5.41) is 0. The molecule has 0 aromatic carbocycles. The molecule has 0 aliphatic rings. The molecule has 0 spiro atoms. The van der Waals surface area contributed by atoms with E-state index in [9.17, 15) is 0 Å². The third-order valence-electron chi connectivity index (χ3n) is 1.89. The number of fused-ring (bicyclic) bond motifs is 1. The first kappa shape index (κ1) is 10.9. The molecule has 0 unspecified atom stereocenters. The number of aromatic nitrogens is 2. The molecule has 5 nitrogen and oxygen atoms in total. The highest BCUT2D eigenvalue weighted by Crippen LogP contribution is 2.27. The van der Waals surface area contributed by atoms with Crippen LogP contribution in [0.3, 0.4) is 0 Å². The lowest BCUT2D eigenvalue weighted by Gasteiger charge is -2.20. The maximum Gasteiger partial charge on any atom is 0.215 e. The second kappa shape index (κ2) is 3.75. The lowest BCUT2D eigenvalue weighted by Crippen LogP contribution is -2.23. The van der Waals surface area contributed by atoms with E-state index in [0.29, 0.717) is 22.9 Å². The minimum Gasteiger partial charge on any atom is -0.484 e. The zero-order chi connectivity index (χ0) is 11.8. The van der Waals surface area contributed by atoms with Gasteiger partial charge in [0.05, 0.1) is 6.54 Å². The fourth-order valence-electron chi connectivity index (χ4n) is 1.35. The van der Waals surface area contributed by atoms with Crippen LogP contribution in [0, 0.1) is 0 Å². The number of nitrogens with two attached hydrogens (primary N) is 1. The molecule has 0 radical (unpaired) electrons. The van der Waals surface area contributed by atoms with Gasteiger partial charge in [-0.05, 0) is 20.8 Å². The topological polar surface area (TPSA) is 74.2 Å². The van der Waals surface area contributed by atoms with Crippen molar-refractivity contribution in [2.75, 3.05) is 0 Å². The normalized spacial score (nSPS) is 12.0. The lowest BCUT2D eigenvalue weighted by atomic mass is 10.2.